The van der Waals surface area contributed by atoms with Gasteiger partial charge in [0, 0.05) is 19.0 Å². The van der Waals surface area contributed by atoms with Crippen LogP contribution in [0.4, 0.5) is 4.79 Å². The van der Waals surface area contributed by atoms with E-state index in [1.54, 1.807) is 13.8 Å². The van der Waals surface area contributed by atoms with Crippen molar-refractivity contribution in [3.8, 4) is 0 Å². The molecule has 110 valence electrons. The Balaban J connectivity index is 2.65. The lowest BCUT2D eigenvalue weighted by Gasteiger charge is -2.21. The predicted molar refractivity (Wildman–Crippen MR) is 69.9 cm³/mol. The Kier molecular flexibility index (Phi) is 5.12. The van der Waals surface area contributed by atoms with Crippen molar-refractivity contribution in [3.05, 3.63) is 0 Å². The molecule has 1 amide bonds. The normalized spacial score (nSPS) is 15.6. The van der Waals surface area contributed by atoms with Crippen molar-refractivity contribution < 1.29 is 17.9 Å². The van der Waals surface area contributed by atoms with Crippen LogP contribution in [0.1, 0.15) is 33.1 Å². The van der Waals surface area contributed by atoms with Gasteiger partial charge in [-0.2, -0.15) is 12.7 Å². The lowest BCUT2D eigenvalue weighted by atomic mass is 10.4. The summed E-state index contributed by atoms with van der Waals surface area (Å²) in [5, 5.41) is 7.13. The van der Waals surface area contributed by atoms with Crippen LogP contribution >= 0.6 is 0 Å². The van der Waals surface area contributed by atoms with Gasteiger partial charge >= 0.3 is 16.3 Å². The highest BCUT2D eigenvalue weighted by atomic mass is 32.2. The largest absolute Gasteiger partial charge is 0.446 e. The first kappa shape index (κ1) is 15.7. The molecule has 0 heterocycles. The van der Waals surface area contributed by atoms with E-state index in [1.165, 1.54) is 0 Å². The zero-order valence-electron chi connectivity index (χ0n) is 11.0. The summed E-state index contributed by atoms with van der Waals surface area (Å²) in [6.07, 6.45) is 0.234. The fraction of sp³-hybridized carbons (Fsp3) is 0.800. The van der Waals surface area contributed by atoms with Crippen LogP contribution in [-0.4, -0.2) is 43.3 Å². The molecule has 0 atom stereocenters. The summed E-state index contributed by atoms with van der Waals surface area (Å²) >= 11 is 0. The maximum atomic E-state index is 12.0. The number of rotatable bonds is 7. The minimum Gasteiger partial charge on any atom is -0.446 e. The molecule has 1 saturated carbocycles. The van der Waals surface area contributed by atoms with Crippen molar-refractivity contribution in [2.45, 2.75) is 45.3 Å². The number of amidine groups is 1. The van der Waals surface area contributed by atoms with Crippen LogP contribution < -0.4 is 10.5 Å². The molecule has 19 heavy (non-hydrogen) atoms. The lowest BCUT2D eigenvalue weighted by molar-refractivity contribution is 0.121. The Morgan fingerprint density at radius 3 is 2.53 bits per heavy atom. The topological polar surface area (TPSA) is 126 Å². The fourth-order valence-corrected chi connectivity index (χ4v) is 2.81. The van der Waals surface area contributed by atoms with E-state index in [-0.39, 0.29) is 24.8 Å². The standard InChI is InChI=1S/C10H20N4O4S/c1-7(2)18-10(15)13-19(16,17)14(8-3-4-8)6-5-9(11)12/h7-8H,3-6H2,1-2H3,(H3,11,12)(H,13,15). The number of hydrogen-bond acceptors (Lipinski definition) is 5. The molecular weight excluding hydrogens is 272 g/mol. The number of amides is 1. The van der Waals surface area contributed by atoms with Crippen LogP contribution in [-0.2, 0) is 14.9 Å². The van der Waals surface area contributed by atoms with Gasteiger partial charge in [-0.15, -0.1) is 0 Å². The van der Waals surface area contributed by atoms with Gasteiger partial charge < -0.3 is 10.5 Å². The first-order chi connectivity index (χ1) is 8.72. The maximum Gasteiger partial charge on any atom is 0.422 e. The van der Waals surface area contributed by atoms with Crippen molar-refractivity contribution in [1.82, 2.24) is 9.03 Å². The summed E-state index contributed by atoms with van der Waals surface area (Å²) in [4.78, 5) is 11.3. The maximum absolute atomic E-state index is 12.0. The second-order valence-corrected chi connectivity index (χ2v) is 6.30. The smallest absolute Gasteiger partial charge is 0.422 e. The molecule has 1 aliphatic carbocycles. The molecule has 1 rings (SSSR count). The number of hydrogen-bond donors (Lipinski definition) is 3. The second-order valence-electron chi connectivity index (χ2n) is 4.68. The molecule has 1 aliphatic rings. The van der Waals surface area contributed by atoms with Crippen LogP contribution in [0.25, 0.3) is 0 Å². The van der Waals surface area contributed by atoms with E-state index in [9.17, 15) is 13.2 Å². The lowest BCUT2D eigenvalue weighted by Crippen LogP contribution is -2.46. The van der Waals surface area contributed by atoms with Gasteiger partial charge in [-0.25, -0.2) is 9.52 Å². The monoisotopic (exact) mass is 292 g/mol. The number of nitrogens with one attached hydrogen (secondary N) is 2. The van der Waals surface area contributed by atoms with Gasteiger partial charge in [-0.3, -0.25) is 5.41 Å². The minimum atomic E-state index is -3.94. The molecule has 0 aliphatic heterocycles. The quantitative estimate of drug-likeness (QED) is 0.455. The van der Waals surface area contributed by atoms with E-state index in [0.29, 0.717) is 0 Å². The van der Waals surface area contributed by atoms with Crippen LogP contribution in [0.3, 0.4) is 0 Å². The van der Waals surface area contributed by atoms with E-state index < -0.39 is 22.4 Å². The van der Waals surface area contributed by atoms with Gasteiger partial charge in [0.05, 0.1) is 11.9 Å². The Morgan fingerprint density at radius 1 is 1.53 bits per heavy atom. The van der Waals surface area contributed by atoms with Gasteiger partial charge in [-0.1, -0.05) is 0 Å². The second kappa shape index (κ2) is 6.20. The number of nitrogens with two attached hydrogens (primary N) is 1. The average molecular weight is 292 g/mol. The Labute approximate surface area is 113 Å². The fourth-order valence-electron chi connectivity index (χ4n) is 1.49. The zero-order chi connectivity index (χ0) is 14.6. The van der Waals surface area contributed by atoms with E-state index in [0.717, 1.165) is 17.1 Å². The number of carbonyl (C=O) groups excluding carboxylic acids is 1. The van der Waals surface area contributed by atoms with E-state index in [4.69, 9.17) is 15.9 Å². The molecule has 0 spiro atoms. The summed E-state index contributed by atoms with van der Waals surface area (Å²) in [6.45, 7) is 3.34. The number of nitrogens with zero attached hydrogens (tertiary/aromatic N) is 1. The summed E-state index contributed by atoms with van der Waals surface area (Å²) < 4.78 is 31.8. The molecule has 0 aromatic rings. The molecule has 8 nitrogen and oxygen atoms in total. The van der Waals surface area contributed by atoms with Crippen molar-refractivity contribution >= 4 is 22.1 Å². The highest BCUT2D eigenvalue weighted by Gasteiger charge is 2.38. The van der Waals surface area contributed by atoms with Gasteiger partial charge in [0.1, 0.15) is 0 Å². The van der Waals surface area contributed by atoms with Gasteiger partial charge in [0.15, 0.2) is 0 Å². The van der Waals surface area contributed by atoms with E-state index in [2.05, 4.69) is 0 Å². The van der Waals surface area contributed by atoms with Crippen LogP contribution in [0.2, 0.25) is 0 Å². The van der Waals surface area contributed by atoms with E-state index >= 15 is 0 Å². The van der Waals surface area contributed by atoms with Gasteiger partial charge in [-0.05, 0) is 26.7 Å². The van der Waals surface area contributed by atoms with Crippen molar-refractivity contribution in [1.29, 1.82) is 5.41 Å². The predicted octanol–water partition coefficient (Wildman–Crippen LogP) is 0.156. The number of ether oxygens (including phenoxy) is 1. The van der Waals surface area contributed by atoms with Crippen LogP contribution in [0.15, 0.2) is 0 Å². The minimum absolute atomic E-state index is 0.0876. The molecule has 0 aromatic carbocycles. The molecule has 0 radical (unpaired) electrons. The first-order valence-electron chi connectivity index (χ1n) is 6.05. The molecule has 1 fully saturated rings. The van der Waals surface area contributed by atoms with Crippen LogP contribution in [0.5, 0.6) is 0 Å². The molecular formula is C10H20N4O4S. The van der Waals surface area contributed by atoms with Gasteiger partial charge in [0.25, 0.3) is 0 Å². The summed E-state index contributed by atoms with van der Waals surface area (Å²) in [7, 11) is -3.94. The Morgan fingerprint density at radius 2 is 2.11 bits per heavy atom. The zero-order valence-corrected chi connectivity index (χ0v) is 11.9. The summed E-state index contributed by atoms with van der Waals surface area (Å²) in [6, 6.07) is -0.122. The first-order valence-corrected chi connectivity index (χ1v) is 7.49. The Hall–Kier alpha value is -1.35. The third-order valence-corrected chi connectivity index (χ3v) is 3.94. The van der Waals surface area contributed by atoms with Crippen molar-refractivity contribution in [2.75, 3.05) is 6.54 Å². The highest BCUT2D eigenvalue weighted by Crippen LogP contribution is 2.28. The molecule has 0 bridgehead atoms. The van der Waals surface area contributed by atoms with Crippen molar-refractivity contribution in [3.63, 3.8) is 0 Å². The summed E-state index contributed by atoms with van der Waals surface area (Å²) in [5.41, 5.74) is 5.22. The molecule has 4 N–H and O–H groups in total. The Bertz CT molecular complexity index is 444. The number of carbonyl (C=O) groups is 1. The van der Waals surface area contributed by atoms with Gasteiger partial charge in [0.2, 0.25) is 0 Å². The van der Waals surface area contributed by atoms with E-state index in [1.807, 2.05) is 4.72 Å². The average Bonchev–Trinajstić information content (AvgIpc) is 2.98. The molecule has 9 heteroatoms. The third kappa shape index (κ3) is 5.43. The van der Waals surface area contributed by atoms with Crippen LogP contribution in [0, 0.1) is 5.41 Å². The van der Waals surface area contributed by atoms with Crippen molar-refractivity contribution in [2.24, 2.45) is 5.73 Å². The molecule has 0 aromatic heterocycles. The molecule has 0 unspecified atom stereocenters. The third-order valence-electron chi connectivity index (χ3n) is 2.42. The highest BCUT2D eigenvalue weighted by molar-refractivity contribution is 7.87. The summed E-state index contributed by atoms with van der Waals surface area (Å²) in [5.74, 6) is -0.0920. The molecule has 0 saturated heterocycles. The SMILES string of the molecule is CC(C)OC(=O)NS(=O)(=O)N(CCC(=N)N)C1CC1.